The summed E-state index contributed by atoms with van der Waals surface area (Å²) in [4.78, 5) is 7.51. The molecule has 1 fully saturated rings. The van der Waals surface area contributed by atoms with E-state index in [-0.39, 0.29) is 0 Å². The van der Waals surface area contributed by atoms with Crippen molar-refractivity contribution in [2.24, 2.45) is 4.99 Å². The van der Waals surface area contributed by atoms with E-state index in [1.54, 1.807) is 18.4 Å². The van der Waals surface area contributed by atoms with Gasteiger partial charge < -0.3 is 15.3 Å². The van der Waals surface area contributed by atoms with Crippen molar-refractivity contribution in [1.29, 1.82) is 0 Å². The highest BCUT2D eigenvalue weighted by Gasteiger charge is 2.31. The minimum absolute atomic E-state index is 0.565. The van der Waals surface area contributed by atoms with Crippen LogP contribution in [0.25, 0.3) is 0 Å². The first-order valence-electron chi connectivity index (χ1n) is 6.91. The molecule has 0 atom stereocenters. The Morgan fingerprint density at radius 2 is 2.20 bits per heavy atom. The highest BCUT2D eigenvalue weighted by molar-refractivity contribution is 7.16. The topological polar surface area (TPSA) is 47.9 Å². The van der Waals surface area contributed by atoms with Crippen LogP contribution in [-0.4, -0.2) is 42.2 Å². The second-order valence-corrected chi connectivity index (χ2v) is 7.19. The third-order valence-electron chi connectivity index (χ3n) is 3.71. The first-order valence-corrected chi connectivity index (χ1v) is 8.10. The lowest BCUT2D eigenvalue weighted by Crippen LogP contribution is -2.46. The maximum absolute atomic E-state index is 10.4. The van der Waals surface area contributed by atoms with Gasteiger partial charge in [-0.15, -0.1) is 11.3 Å². The number of halogens is 1. The minimum atomic E-state index is -0.566. The Kier molecular flexibility index (Phi) is 5.29. The summed E-state index contributed by atoms with van der Waals surface area (Å²) < 4.78 is 0.802. The van der Waals surface area contributed by atoms with Gasteiger partial charge in [-0.25, -0.2) is 0 Å². The average Bonchev–Trinajstić information content (AvgIpc) is 3.00. The number of guanidine groups is 1. The van der Waals surface area contributed by atoms with E-state index in [1.165, 1.54) is 4.88 Å². The van der Waals surface area contributed by atoms with E-state index in [0.29, 0.717) is 6.54 Å². The fourth-order valence-corrected chi connectivity index (χ4v) is 3.72. The van der Waals surface area contributed by atoms with Gasteiger partial charge in [0.1, 0.15) is 0 Å². The predicted octanol–water partition coefficient (Wildman–Crippen LogP) is 2.71. The van der Waals surface area contributed by atoms with E-state index in [4.69, 9.17) is 11.6 Å². The maximum atomic E-state index is 10.4. The Balaban J connectivity index is 1.87. The average molecular weight is 316 g/mol. The smallest absolute Gasteiger partial charge is 0.193 e. The summed E-state index contributed by atoms with van der Waals surface area (Å²) >= 11 is 7.52. The fourth-order valence-electron chi connectivity index (χ4n) is 2.58. The SMILES string of the molecule is CN=C(NCC1(O)CCCC1)N(C)Cc1ccc(Cl)s1. The molecule has 2 N–H and O–H groups in total. The van der Waals surface area contributed by atoms with Crippen LogP contribution in [-0.2, 0) is 6.54 Å². The number of thiophene rings is 1. The molecule has 6 heteroatoms. The largest absolute Gasteiger partial charge is 0.388 e. The standard InChI is InChI=1S/C14H22ClN3OS/c1-16-13(17-10-14(19)7-3-4-8-14)18(2)9-11-5-6-12(15)20-11/h5-6,19H,3-4,7-10H2,1-2H3,(H,16,17). The monoisotopic (exact) mass is 315 g/mol. The zero-order valence-corrected chi connectivity index (χ0v) is 13.6. The molecule has 2 rings (SSSR count). The molecule has 0 amide bonds. The lowest BCUT2D eigenvalue weighted by Gasteiger charge is -2.27. The van der Waals surface area contributed by atoms with Crippen LogP contribution in [0.5, 0.6) is 0 Å². The van der Waals surface area contributed by atoms with Gasteiger partial charge in [-0.2, -0.15) is 0 Å². The van der Waals surface area contributed by atoms with Crippen LogP contribution in [0.4, 0.5) is 0 Å². The predicted molar refractivity (Wildman–Crippen MR) is 85.6 cm³/mol. The normalized spacial score (nSPS) is 18.3. The van der Waals surface area contributed by atoms with Gasteiger partial charge in [-0.1, -0.05) is 24.4 Å². The van der Waals surface area contributed by atoms with Crippen molar-refractivity contribution in [3.05, 3.63) is 21.3 Å². The van der Waals surface area contributed by atoms with Crippen LogP contribution >= 0.6 is 22.9 Å². The third-order valence-corrected chi connectivity index (χ3v) is 4.92. The number of nitrogens with one attached hydrogen (secondary N) is 1. The molecule has 1 aromatic heterocycles. The van der Waals surface area contributed by atoms with E-state index in [9.17, 15) is 5.11 Å². The van der Waals surface area contributed by atoms with Crippen LogP contribution in [0.15, 0.2) is 17.1 Å². The van der Waals surface area contributed by atoms with E-state index in [0.717, 1.165) is 42.5 Å². The molecular formula is C14H22ClN3OS. The second-order valence-electron chi connectivity index (χ2n) is 5.39. The zero-order valence-electron chi connectivity index (χ0n) is 12.0. The quantitative estimate of drug-likeness (QED) is 0.663. The summed E-state index contributed by atoms with van der Waals surface area (Å²) in [6.07, 6.45) is 3.98. The summed E-state index contributed by atoms with van der Waals surface area (Å²) in [5.41, 5.74) is -0.566. The van der Waals surface area contributed by atoms with E-state index in [2.05, 4.69) is 10.3 Å². The van der Waals surface area contributed by atoms with Gasteiger partial charge in [0, 0.05) is 25.5 Å². The Hall–Kier alpha value is -0.780. The summed E-state index contributed by atoms with van der Waals surface area (Å²) in [7, 11) is 3.75. The van der Waals surface area contributed by atoms with Crippen LogP contribution < -0.4 is 5.32 Å². The van der Waals surface area contributed by atoms with Crippen LogP contribution in [0.3, 0.4) is 0 Å². The summed E-state index contributed by atoms with van der Waals surface area (Å²) in [6.45, 7) is 1.32. The number of hydrogen-bond acceptors (Lipinski definition) is 3. The lowest BCUT2D eigenvalue weighted by atomic mass is 10.0. The summed E-state index contributed by atoms with van der Waals surface area (Å²) in [6, 6.07) is 3.94. The molecule has 1 aromatic rings. The first kappa shape index (κ1) is 15.6. The molecular weight excluding hydrogens is 294 g/mol. The van der Waals surface area contributed by atoms with Gasteiger partial charge in [0.2, 0.25) is 0 Å². The minimum Gasteiger partial charge on any atom is -0.388 e. The highest BCUT2D eigenvalue weighted by Crippen LogP contribution is 2.28. The van der Waals surface area contributed by atoms with E-state index < -0.39 is 5.60 Å². The van der Waals surface area contributed by atoms with Crippen molar-refractivity contribution >= 4 is 28.9 Å². The second kappa shape index (κ2) is 6.78. The van der Waals surface area contributed by atoms with Crippen molar-refractivity contribution in [2.75, 3.05) is 20.6 Å². The Labute approximate surface area is 129 Å². The molecule has 1 aliphatic rings. The van der Waals surface area contributed by atoms with E-state index in [1.807, 2.05) is 24.1 Å². The molecule has 0 bridgehead atoms. The Bertz CT molecular complexity index is 469. The molecule has 0 spiro atoms. The number of rotatable bonds is 4. The Morgan fingerprint density at radius 3 is 2.75 bits per heavy atom. The van der Waals surface area contributed by atoms with Crippen molar-refractivity contribution in [3.63, 3.8) is 0 Å². The van der Waals surface area contributed by atoms with E-state index >= 15 is 0 Å². The number of nitrogens with zero attached hydrogens (tertiary/aromatic N) is 2. The van der Waals surface area contributed by atoms with Crippen molar-refractivity contribution in [2.45, 2.75) is 37.8 Å². The van der Waals surface area contributed by atoms with Crippen molar-refractivity contribution in [3.8, 4) is 0 Å². The third kappa shape index (κ3) is 4.11. The number of aliphatic imine (C=N–C) groups is 1. The molecule has 112 valence electrons. The molecule has 20 heavy (non-hydrogen) atoms. The van der Waals surface area contributed by atoms with Crippen LogP contribution in [0.1, 0.15) is 30.6 Å². The zero-order chi connectivity index (χ0) is 14.6. The lowest BCUT2D eigenvalue weighted by molar-refractivity contribution is 0.0516. The molecule has 0 aromatic carbocycles. The van der Waals surface area contributed by atoms with Gasteiger partial charge in [0.05, 0.1) is 16.5 Å². The summed E-state index contributed by atoms with van der Waals surface area (Å²) in [5.74, 6) is 0.801. The fraction of sp³-hybridized carbons (Fsp3) is 0.643. The molecule has 1 heterocycles. The van der Waals surface area contributed by atoms with Crippen LogP contribution in [0, 0.1) is 0 Å². The molecule has 1 aliphatic carbocycles. The molecule has 1 saturated carbocycles. The molecule has 0 radical (unpaired) electrons. The van der Waals surface area contributed by atoms with Gasteiger partial charge in [0.15, 0.2) is 5.96 Å². The van der Waals surface area contributed by atoms with Crippen molar-refractivity contribution in [1.82, 2.24) is 10.2 Å². The molecule has 0 aliphatic heterocycles. The summed E-state index contributed by atoms with van der Waals surface area (Å²) in [5, 5.41) is 13.6. The highest BCUT2D eigenvalue weighted by atomic mass is 35.5. The Morgan fingerprint density at radius 1 is 1.50 bits per heavy atom. The molecule has 0 unspecified atom stereocenters. The number of hydrogen-bond donors (Lipinski definition) is 2. The first-order chi connectivity index (χ1) is 9.52. The van der Waals surface area contributed by atoms with Gasteiger partial charge in [0.25, 0.3) is 0 Å². The van der Waals surface area contributed by atoms with Crippen LogP contribution in [0.2, 0.25) is 4.34 Å². The molecule has 0 saturated heterocycles. The number of aliphatic hydroxyl groups is 1. The van der Waals surface area contributed by atoms with Gasteiger partial charge >= 0.3 is 0 Å². The van der Waals surface area contributed by atoms with Gasteiger partial charge in [-0.05, 0) is 25.0 Å². The van der Waals surface area contributed by atoms with Gasteiger partial charge in [-0.3, -0.25) is 4.99 Å². The van der Waals surface area contributed by atoms with Crippen molar-refractivity contribution < 1.29 is 5.11 Å². The maximum Gasteiger partial charge on any atom is 0.193 e. The molecule has 4 nitrogen and oxygen atoms in total.